The molecule has 22 aromatic carbocycles. The van der Waals surface area contributed by atoms with Gasteiger partial charge in [-0.05, 0) is 306 Å². The highest BCUT2D eigenvalue weighted by Gasteiger charge is 2.47. The Labute approximate surface area is 861 Å². The molecule has 3 aliphatic rings. The van der Waals surface area contributed by atoms with E-state index >= 15 is 0 Å². The second-order valence-electron chi connectivity index (χ2n) is 41.4. The van der Waals surface area contributed by atoms with Gasteiger partial charge in [0.25, 0.3) is 0 Å². The van der Waals surface area contributed by atoms with Crippen LogP contribution >= 0.6 is 0 Å². The molecule has 0 fully saturated rings. The predicted molar refractivity (Wildman–Crippen MR) is 620 cm³/mol. The van der Waals surface area contributed by atoms with E-state index in [1.807, 2.05) is 0 Å². The van der Waals surface area contributed by atoms with Gasteiger partial charge in [0, 0.05) is 77.6 Å². The molecule has 4 heteroatoms. The molecule has 0 radical (unpaired) electrons. The zero-order valence-electron chi connectivity index (χ0n) is 83.8. The van der Waals surface area contributed by atoms with Gasteiger partial charge in [0.1, 0.15) is 0 Å². The number of hydrogen-bond donors (Lipinski definition) is 0. The summed E-state index contributed by atoms with van der Waals surface area (Å²) >= 11 is 0. The summed E-state index contributed by atoms with van der Waals surface area (Å²) in [6.45, 7) is 18.3. The minimum atomic E-state index is -0.532. The van der Waals surface area contributed by atoms with E-state index in [-0.39, 0.29) is 10.8 Å². The van der Waals surface area contributed by atoms with Crippen LogP contribution in [0.5, 0.6) is 0 Å². The van der Waals surface area contributed by atoms with Crippen molar-refractivity contribution in [3.8, 4) is 123 Å². The summed E-state index contributed by atoms with van der Waals surface area (Å²) in [6, 6.07) is 189. The van der Waals surface area contributed by atoms with Crippen LogP contribution < -0.4 is 9.80 Å². The molecule has 0 N–H and O–H groups in total. The van der Waals surface area contributed by atoms with Crippen LogP contribution in [0.2, 0.25) is 0 Å². The van der Waals surface area contributed by atoms with Gasteiger partial charge in [0.15, 0.2) is 0 Å². The second-order valence-corrected chi connectivity index (χ2v) is 41.4. The molecule has 0 aliphatic heterocycles. The number of nitrogens with zero attached hydrogens (tertiary/aromatic N) is 4. The number of aromatic nitrogens is 2. The zero-order valence-corrected chi connectivity index (χ0v) is 83.8. The average Bonchev–Trinajstić information content (AvgIpc) is 1.54. The summed E-state index contributed by atoms with van der Waals surface area (Å²) in [7, 11) is 0. The van der Waals surface area contributed by atoms with Gasteiger partial charge in [-0.3, -0.25) is 0 Å². The number of aryl methyl sites for hydroxylation is 4. The molecular formula is C143H108N4. The minimum absolute atomic E-state index is 0.154. The fraction of sp³-hybridized carbons (Fsp3) is 0.0769. The highest BCUT2D eigenvalue weighted by atomic mass is 15.2. The van der Waals surface area contributed by atoms with Gasteiger partial charge < -0.3 is 18.9 Å². The van der Waals surface area contributed by atoms with E-state index in [0.29, 0.717) is 0 Å². The van der Waals surface area contributed by atoms with Gasteiger partial charge in [-0.25, -0.2) is 0 Å². The van der Waals surface area contributed by atoms with Gasteiger partial charge in [0.05, 0.1) is 38.9 Å². The summed E-state index contributed by atoms with van der Waals surface area (Å²) in [5, 5.41) is 4.97. The number of fused-ring (bicyclic) bond motifs is 15. The van der Waals surface area contributed by atoms with Crippen LogP contribution in [0.25, 0.3) is 166 Å². The Kier molecular flexibility index (Phi) is 21.8. The smallest absolute Gasteiger partial charge is 0.0714 e. The fourth-order valence-corrected chi connectivity index (χ4v) is 24.8. The Hall–Kier alpha value is -18.0. The van der Waals surface area contributed by atoms with Gasteiger partial charge in [-0.15, -0.1) is 0 Å². The van der Waals surface area contributed by atoms with Crippen molar-refractivity contribution < 1.29 is 0 Å². The Morgan fingerprint density at radius 1 is 0.170 bits per heavy atom. The van der Waals surface area contributed by atoms with Crippen LogP contribution in [-0.2, 0) is 16.2 Å². The van der Waals surface area contributed by atoms with Crippen LogP contribution in [0.1, 0.15) is 94.5 Å². The fourth-order valence-electron chi connectivity index (χ4n) is 24.8. The lowest BCUT2D eigenvalue weighted by molar-refractivity contribution is 0.660. The molecule has 147 heavy (non-hydrogen) atoms. The number of benzene rings is 22. The second kappa shape index (κ2) is 35.9. The molecule has 0 amide bonds. The lowest BCUT2D eigenvalue weighted by Gasteiger charge is -2.35. The third-order valence-corrected chi connectivity index (χ3v) is 31.6. The normalized spacial score (nSPS) is 13.1. The molecule has 0 spiro atoms. The third-order valence-electron chi connectivity index (χ3n) is 31.6. The summed E-state index contributed by atoms with van der Waals surface area (Å²) < 4.78 is 4.93. The molecule has 0 atom stereocenters. The van der Waals surface area contributed by atoms with Crippen molar-refractivity contribution in [1.29, 1.82) is 0 Å². The van der Waals surface area contributed by atoms with E-state index in [2.05, 4.69) is 584 Å². The highest BCUT2D eigenvalue weighted by Crippen LogP contribution is 2.60. The van der Waals surface area contributed by atoms with E-state index in [9.17, 15) is 0 Å². The van der Waals surface area contributed by atoms with Crippen LogP contribution in [0.4, 0.5) is 34.1 Å². The van der Waals surface area contributed by atoms with E-state index in [4.69, 9.17) is 0 Å². The van der Waals surface area contributed by atoms with Gasteiger partial charge in [-0.2, -0.15) is 0 Å². The standard InChI is InChI=1S/C78H58N2.C65H50N2/c1-51-44-52(2)46-57(45-51)56-34-40-65-66-41-39-62(49-72(66)77(3,4)71(65)48-56)80-75-31-19-16-28-68(75)69-47-55(35-43-76(69)80)53-32-36-60(37-33-53)79(74-30-18-15-26-63(74)54-20-8-5-9-21-54)61-38-42-67-64-27-14-17-29-70(64)78(73(67)50-61,58-22-10-6-11-23-58)59-24-12-7-13-25-59;1-43-37-44(2)39-51(38-43)50-27-34-56-57-35-33-54(42-61(57)65(3,4)60(56)41-50)67-63-22-14-12-20-58(63)59-40-49(28-36-64(59)67)47-25-31-53(32-26-47)66(52-29-23-46(24-30-52)45-15-7-5-8-16-45)62-21-13-11-19-55(62)48-17-9-6-10-18-48/h5-50H,1-4H3;5-42H,1-4H3. The molecule has 4 nitrogen and oxygen atoms in total. The maximum absolute atomic E-state index is 2.47. The first-order valence-corrected chi connectivity index (χ1v) is 51.5. The van der Waals surface area contributed by atoms with Crippen molar-refractivity contribution >= 4 is 77.7 Å². The molecule has 0 unspecified atom stereocenters. The number of anilines is 6. The summed E-state index contributed by atoms with van der Waals surface area (Å²) in [4.78, 5) is 4.85. The molecule has 2 aromatic heterocycles. The largest absolute Gasteiger partial charge is 0.310 e. The monoisotopic (exact) mass is 1880 g/mol. The molecule has 24 aromatic rings. The molecule has 2 heterocycles. The van der Waals surface area contributed by atoms with E-state index in [1.54, 1.807) is 0 Å². The minimum Gasteiger partial charge on any atom is -0.310 e. The zero-order chi connectivity index (χ0) is 98.9. The molecule has 700 valence electrons. The number of para-hydroxylation sites is 4. The lowest BCUT2D eigenvalue weighted by Crippen LogP contribution is -2.28. The first kappa shape index (κ1) is 89.2. The van der Waals surface area contributed by atoms with Crippen molar-refractivity contribution in [1.82, 2.24) is 9.13 Å². The van der Waals surface area contributed by atoms with Crippen molar-refractivity contribution in [2.75, 3.05) is 9.80 Å². The molecule has 27 rings (SSSR count). The van der Waals surface area contributed by atoms with Crippen LogP contribution in [-0.4, -0.2) is 9.13 Å². The van der Waals surface area contributed by atoms with E-state index in [1.165, 1.54) is 227 Å². The van der Waals surface area contributed by atoms with Gasteiger partial charge >= 0.3 is 0 Å². The van der Waals surface area contributed by atoms with Gasteiger partial charge in [0.2, 0.25) is 0 Å². The van der Waals surface area contributed by atoms with E-state index < -0.39 is 5.41 Å². The first-order valence-electron chi connectivity index (χ1n) is 51.5. The highest BCUT2D eigenvalue weighted by molar-refractivity contribution is 6.13. The Morgan fingerprint density at radius 3 is 0.884 bits per heavy atom. The van der Waals surface area contributed by atoms with E-state index in [0.717, 1.165) is 39.7 Å². The maximum Gasteiger partial charge on any atom is 0.0714 e. The van der Waals surface area contributed by atoms with Crippen molar-refractivity contribution in [2.45, 2.75) is 71.6 Å². The summed E-state index contributed by atoms with van der Waals surface area (Å²) in [5.74, 6) is 0. The van der Waals surface area contributed by atoms with Crippen LogP contribution in [0, 0.1) is 27.7 Å². The van der Waals surface area contributed by atoms with Crippen LogP contribution in [0.3, 0.4) is 0 Å². The van der Waals surface area contributed by atoms with Crippen molar-refractivity contribution in [2.24, 2.45) is 0 Å². The Bertz CT molecular complexity index is 9210. The quantitative estimate of drug-likeness (QED) is 0.0903. The molecule has 3 aliphatic carbocycles. The van der Waals surface area contributed by atoms with Crippen molar-refractivity contribution in [3.05, 3.63) is 576 Å². The molecule has 0 saturated heterocycles. The summed E-state index contributed by atoms with van der Waals surface area (Å²) in [5.41, 5.74) is 53.5. The van der Waals surface area contributed by atoms with Gasteiger partial charge in [-0.1, -0.05) is 426 Å². The molecule has 0 saturated carbocycles. The Morgan fingerprint density at radius 2 is 0.456 bits per heavy atom. The number of hydrogen-bond acceptors (Lipinski definition) is 2. The topological polar surface area (TPSA) is 16.3 Å². The third kappa shape index (κ3) is 15.2. The SMILES string of the molecule is Cc1cc(C)cc(-c2ccc3c(c2)C(C)(C)c2cc(-n4c5ccccc5c5cc(-c6ccc(N(c7ccc(-c8ccccc8)cc7)c7ccccc7-c7ccccc7)cc6)ccc54)ccc2-3)c1.Cc1cc(C)cc(-c2ccc3c(c2)C(C)(C)c2cc(-n4c5ccccc5c5cc(-c6ccc(N(c7ccc8c(c7)C(c7ccccc7)(c7ccccc7)c7ccccc7-8)c7ccccc7-c7ccccc7)cc6)ccc54)ccc2-3)c1. The predicted octanol–water partition coefficient (Wildman–Crippen LogP) is 38.4. The average molecular weight is 1880 g/mol. The first-order chi connectivity index (χ1) is 72.0. The van der Waals surface area contributed by atoms with Crippen molar-refractivity contribution in [3.63, 3.8) is 0 Å². The Balaban J connectivity index is 0.000000151. The van der Waals surface area contributed by atoms with Crippen LogP contribution in [0.15, 0.2) is 510 Å². The lowest BCUT2D eigenvalue weighted by atomic mass is 9.67. The maximum atomic E-state index is 2.47. The number of rotatable bonds is 17. The molecular weight excluding hydrogens is 1770 g/mol. The summed E-state index contributed by atoms with van der Waals surface area (Å²) in [6.07, 6.45) is 0. The molecule has 0 bridgehead atoms.